The van der Waals surface area contributed by atoms with Gasteiger partial charge in [-0.2, -0.15) is 5.10 Å². The molecule has 128 valence electrons. The average molecular weight is 337 g/mol. The van der Waals surface area contributed by atoms with Crippen LogP contribution < -0.4 is 5.32 Å². The molecule has 0 saturated carbocycles. The first-order valence-electron chi connectivity index (χ1n) is 8.28. The maximum absolute atomic E-state index is 13.4. The smallest absolute Gasteiger partial charge is 0.270 e. The molecule has 2 aromatic carbocycles. The minimum absolute atomic E-state index is 0.119. The fraction of sp³-hybridized carbons (Fsp3) is 0.200. The summed E-state index contributed by atoms with van der Waals surface area (Å²) in [5, 5.41) is 7.42. The molecule has 0 saturated heterocycles. The number of carbonyl (C=O) groups is 1. The second kappa shape index (κ2) is 7.30. The molecule has 1 amide bonds. The molecule has 4 nitrogen and oxygen atoms in total. The first-order valence-corrected chi connectivity index (χ1v) is 8.28. The first-order chi connectivity index (χ1) is 12.1. The summed E-state index contributed by atoms with van der Waals surface area (Å²) in [6, 6.07) is 17.6. The van der Waals surface area contributed by atoms with Crippen molar-refractivity contribution in [2.45, 2.75) is 26.4 Å². The molecule has 0 spiro atoms. The average Bonchev–Trinajstić information content (AvgIpc) is 3.07. The van der Waals surface area contributed by atoms with Gasteiger partial charge in [-0.25, -0.2) is 4.39 Å². The lowest BCUT2D eigenvalue weighted by atomic mass is 10.1. The second-order valence-corrected chi connectivity index (χ2v) is 5.85. The molecule has 1 aromatic heterocycles. The summed E-state index contributed by atoms with van der Waals surface area (Å²) in [5.74, 6) is -0.527. The minimum Gasteiger partial charge on any atom is -0.344 e. The van der Waals surface area contributed by atoms with Crippen LogP contribution in [-0.2, 0) is 6.54 Å². The molecule has 0 aliphatic rings. The molecule has 0 bridgehead atoms. The van der Waals surface area contributed by atoms with E-state index in [0.29, 0.717) is 23.5 Å². The molecule has 0 aliphatic carbocycles. The number of aromatic nitrogens is 2. The third-order valence-electron chi connectivity index (χ3n) is 4.08. The van der Waals surface area contributed by atoms with Gasteiger partial charge in [0.15, 0.2) is 0 Å². The topological polar surface area (TPSA) is 46.9 Å². The van der Waals surface area contributed by atoms with Gasteiger partial charge in [-0.1, -0.05) is 42.5 Å². The van der Waals surface area contributed by atoms with E-state index >= 15 is 0 Å². The van der Waals surface area contributed by atoms with E-state index < -0.39 is 0 Å². The number of halogens is 1. The number of aryl methyl sites for hydroxylation is 1. The van der Waals surface area contributed by atoms with Gasteiger partial charge in [0.2, 0.25) is 0 Å². The highest BCUT2D eigenvalue weighted by molar-refractivity contribution is 5.94. The predicted octanol–water partition coefficient (Wildman–Crippen LogP) is 4.20. The summed E-state index contributed by atoms with van der Waals surface area (Å²) in [7, 11) is 0. The van der Waals surface area contributed by atoms with Gasteiger partial charge >= 0.3 is 0 Å². The van der Waals surface area contributed by atoms with E-state index in [1.54, 1.807) is 22.9 Å². The van der Waals surface area contributed by atoms with Crippen molar-refractivity contribution in [2.24, 2.45) is 0 Å². The number of carbonyl (C=O) groups excluding carboxylic acids is 1. The van der Waals surface area contributed by atoms with E-state index in [1.165, 1.54) is 12.1 Å². The van der Waals surface area contributed by atoms with Gasteiger partial charge in [0, 0.05) is 12.1 Å². The van der Waals surface area contributed by atoms with Crippen LogP contribution in [0, 0.1) is 5.82 Å². The molecular formula is C20H20FN3O. The van der Waals surface area contributed by atoms with Crippen LogP contribution in [0.5, 0.6) is 0 Å². The number of rotatable bonds is 5. The second-order valence-electron chi connectivity index (χ2n) is 5.85. The Hall–Kier alpha value is -2.95. The van der Waals surface area contributed by atoms with Crippen molar-refractivity contribution >= 4 is 5.91 Å². The summed E-state index contributed by atoms with van der Waals surface area (Å²) in [4.78, 5) is 12.7. The number of amides is 1. The largest absolute Gasteiger partial charge is 0.344 e. The summed E-state index contributed by atoms with van der Waals surface area (Å²) in [6.07, 6.45) is 0. The number of benzene rings is 2. The van der Waals surface area contributed by atoms with Crippen molar-refractivity contribution in [3.05, 3.63) is 77.7 Å². The van der Waals surface area contributed by atoms with Crippen molar-refractivity contribution in [1.29, 1.82) is 0 Å². The van der Waals surface area contributed by atoms with Crippen molar-refractivity contribution in [3.8, 4) is 11.3 Å². The molecule has 5 heteroatoms. The van der Waals surface area contributed by atoms with Crippen LogP contribution in [0.2, 0.25) is 0 Å². The molecule has 3 rings (SSSR count). The molecule has 0 aliphatic heterocycles. The van der Waals surface area contributed by atoms with Gasteiger partial charge in [-0.15, -0.1) is 0 Å². The van der Waals surface area contributed by atoms with E-state index in [1.807, 2.05) is 44.2 Å². The van der Waals surface area contributed by atoms with Gasteiger partial charge in [0.1, 0.15) is 11.5 Å². The van der Waals surface area contributed by atoms with E-state index in [-0.39, 0.29) is 17.8 Å². The Morgan fingerprint density at radius 1 is 1.16 bits per heavy atom. The molecule has 1 heterocycles. The molecule has 1 N–H and O–H groups in total. The summed E-state index contributed by atoms with van der Waals surface area (Å²) >= 11 is 0. The van der Waals surface area contributed by atoms with Crippen LogP contribution in [-0.4, -0.2) is 15.7 Å². The standard InChI is InChI=1S/C20H20FN3O/c1-3-24-19(13-18(23-24)16-10-7-11-17(21)12-16)20(25)22-14(2)15-8-5-4-6-9-15/h4-14H,3H2,1-2H3,(H,22,25)/t14-/m1/s1. The van der Waals surface area contributed by atoms with Crippen LogP contribution in [0.15, 0.2) is 60.7 Å². The molecular weight excluding hydrogens is 317 g/mol. The van der Waals surface area contributed by atoms with Crippen LogP contribution in [0.25, 0.3) is 11.3 Å². The summed E-state index contributed by atoms with van der Waals surface area (Å²) in [5.41, 5.74) is 2.73. The summed E-state index contributed by atoms with van der Waals surface area (Å²) < 4.78 is 15.1. The lowest BCUT2D eigenvalue weighted by molar-refractivity contribution is 0.0929. The van der Waals surface area contributed by atoms with Gasteiger partial charge in [-0.05, 0) is 37.6 Å². The maximum atomic E-state index is 13.4. The Morgan fingerprint density at radius 2 is 1.92 bits per heavy atom. The lowest BCUT2D eigenvalue weighted by Crippen LogP contribution is -2.28. The Morgan fingerprint density at radius 3 is 2.60 bits per heavy atom. The Kier molecular flexibility index (Phi) is 4.93. The number of nitrogens with one attached hydrogen (secondary N) is 1. The van der Waals surface area contributed by atoms with Gasteiger partial charge < -0.3 is 5.32 Å². The zero-order chi connectivity index (χ0) is 17.8. The maximum Gasteiger partial charge on any atom is 0.270 e. The Balaban J connectivity index is 1.85. The minimum atomic E-state index is -0.327. The number of hydrogen-bond donors (Lipinski definition) is 1. The third-order valence-corrected chi connectivity index (χ3v) is 4.08. The van der Waals surface area contributed by atoms with Crippen LogP contribution in [0.4, 0.5) is 4.39 Å². The molecule has 25 heavy (non-hydrogen) atoms. The van der Waals surface area contributed by atoms with Gasteiger partial charge in [0.05, 0.1) is 11.7 Å². The van der Waals surface area contributed by atoms with Crippen molar-refractivity contribution in [2.75, 3.05) is 0 Å². The van der Waals surface area contributed by atoms with Gasteiger partial charge in [-0.3, -0.25) is 9.48 Å². The van der Waals surface area contributed by atoms with Crippen LogP contribution >= 0.6 is 0 Å². The Labute approximate surface area is 146 Å². The number of nitrogens with zero attached hydrogens (tertiary/aromatic N) is 2. The van der Waals surface area contributed by atoms with E-state index in [0.717, 1.165) is 5.56 Å². The quantitative estimate of drug-likeness (QED) is 0.758. The molecule has 0 fully saturated rings. The van der Waals surface area contributed by atoms with E-state index in [9.17, 15) is 9.18 Å². The monoisotopic (exact) mass is 337 g/mol. The van der Waals surface area contributed by atoms with Crippen molar-refractivity contribution in [1.82, 2.24) is 15.1 Å². The normalized spacial score (nSPS) is 12.0. The highest BCUT2D eigenvalue weighted by atomic mass is 19.1. The van der Waals surface area contributed by atoms with Crippen LogP contribution in [0.1, 0.15) is 35.9 Å². The van der Waals surface area contributed by atoms with Gasteiger partial charge in [0.25, 0.3) is 5.91 Å². The lowest BCUT2D eigenvalue weighted by Gasteiger charge is -2.14. The molecule has 0 unspecified atom stereocenters. The van der Waals surface area contributed by atoms with E-state index in [4.69, 9.17) is 0 Å². The fourth-order valence-corrected chi connectivity index (χ4v) is 2.73. The van der Waals surface area contributed by atoms with Crippen LogP contribution in [0.3, 0.4) is 0 Å². The number of hydrogen-bond acceptors (Lipinski definition) is 2. The van der Waals surface area contributed by atoms with E-state index in [2.05, 4.69) is 10.4 Å². The highest BCUT2D eigenvalue weighted by Crippen LogP contribution is 2.21. The van der Waals surface area contributed by atoms with Crippen molar-refractivity contribution < 1.29 is 9.18 Å². The Bertz CT molecular complexity index is 874. The fourth-order valence-electron chi connectivity index (χ4n) is 2.73. The SMILES string of the molecule is CCn1nc(-c2cccc(F)c2)cc1C(=O)N[C@H](C)c1ccccc1. The molecule has 0 radical (unpaired) electrons. The predicted molar refractivity (Wildman–Crippen MR) is 95.6 cm³/mol. The zero-order valence-corrected chi connectivity index (χ0v) is 14.2. The summed E-state index contributed by atoms with van der Waals surface area (Å²) in [6.45, 7) is 4.41. The molecule has 1 atom stereocenters. The van der Waals surface area contributed by atoms with Crippen molar-refractivity contribution in [3.63, 3.8) is 0 Å². The third kappa shape index (κ3) is 3.76. The highest BCUT2D eigenvalue weighted by Gasteiger charge is 2.18. The first kappa shape index (κ1) is 16.9. The molecule has 3 aromatic rings. The zero-order valence-electron chi connectivity index (χ0n) is 14.2.